The van der Waals surface area contributed by atoms with Crippen molar-refractivity contribution in [3.8, 4) is 0 Å². The zero-order chi connectivity index (χ0) is 15.3. The molecular formula is C16H23NO3. The van der Waals surface area contributed by atoms with E-state index in [9.17, 15) is 9.59 Å². The predicted octanol–water partition coefficient (Wildman–Crippen LogP) is 2.68. The van der Waals surface area contributed by atoms with Crippen LogP contribution < -0.4 is 5.32 Å². The van der Waals surface area contributed by atoms with Crippen LogP contribution in [0.4, 0.5) is 0 Å². The maximum absolute atomic E-state index is 12.1. The lowest BCUT2D eigenvalue weighted by atomic mass is 10.00. The molecule has 0 saturated heterocycles. The molecule has 0 heterocycles. The second kappa shape index (κ2) is 7.08. The van der Waals surface area contributed by atoms with Crippen molar-refractivity contribution in [2.75, 3.05) is 6.61 Å². The van der Waals surface area contributed by atoms with Crippen LogP contribution in [0.15, 0.2) is 12.1 Å². The van der Waals surface area contributed by atoms with Crippen molar-refractivity contribution in [3.63, 3.8) is 0 Å². The highest BCUT2D eigenvalue weighted by Crippen LogP contribution is 2.17. The van der Waals surface area contributed by atoms with Gasteiger partial charge in [0.25, 0.3) is 5.91 Å². The molecule has 0 bridgehead atoms. The molecule has 4 nitrogen and oxygen atoms in total. The number of carbonyl (C=O) groups excluding carboxylic acids is 2. The number of hydrogen-bond donors (Lipinski definition) is 1. The minimum absolute atomic E-state index is 0.0871. The fourth-order valence-electron chi connectivity index (χ4n) is 2.12. The average Bonchev–Trinajstić information content (AvgIpc) is 2.34. The number of esters is 1. The van der Waals surface area contributed by atoms with E-state index in [4.69, 9.17) is 4.74 Å². The van der Waals surface area contributed by atoms with Crippen molar-refractivity contribution in [1.29, 1.82) is 0 Å². The Labute approximate surface area is 120 Å². The van der Waals surface area contributed by atoms with E-state index in [0.717, 1.165) is 23.1 Å². The van der Waals surface area contributed by atoms with Crippen LogP contribution in [0.1, 0.15) is 47.3 Å². The largest absolute Gasteiger partial charge is 0.452 e. The van der Waals surface area contributed by atoms with Gasteiger partial charge in [-0.15, -0.1) is 0 Å². The first-order valence-corrected chi connectivity index (χ1v) is 6.89. The maximum Gasteiger partial charge on any atom is 0.339 e. The summed E-state index contributed by atoms with van der Waals surface area (Å²) in [6.07, 6.45) is 0.843. The van der Waals surface area contributed by atoms with Crippen LogP contribution in [0.2, 0.25) is 0 Å². The van der Waals surface area contributed by atoms with Crippen LogP contribution in [-0.2, 0) is 9.53 Å². The molecule has 0 unspecified atom stereocenters. The van der Waals surface area contributed by atoms with E-state index < -0.39 is 5.97 Å². The van der Waals surface area contributed by atoms with Gasteiger partial charge in [-0.25, -0.2) is 4.79 Å². The Kier molecular flexibility index (Phi) is 5.74. The number of amides is 1. The highest BCUT2D eigenvalue weighted by atomic mass is 16.5. The lowest BCUT2D eigenvalue weighted by Gasteiger charge is -2.13. The number of rotatable bonds is 5. The van der Waals surface area contributed by atoms with Crippen molar-refractivity contribution < 1.29 is 14.3 Å². The summed E-state index contributed by atoms with van der Waals surface area (Å²) in [5.74, 6) is -0.714. The van der Waals surface area contributed by atoms with Gasteiger partial charge in [-0.3, -0.25) is 4.79 Å². The molecule has 0 radical (unpaired) electrons. The van der Waals surface area contributed by atoms with Crippen LogP contribution in [0, 0.1) is 20.8 Å². The highest BCUT2D eigenvalue weighted by molar-refractivity contribution is 5.94. The van der Waals surface area contributed by atoms with Gasteiger partial charge in [-0.2, -0.15) is 0 Å². The van der Waals surface area contributed by atoms with Crippen molar-refractivity contribution in [2.24, 2.45) is 0 Å². The molecule has 0 aromatic heterocycles. The van der Waals surface area contributed by atoms with Crippen LogP contribution >= 0.6 is 0 Å². The SMILES string of the molecule is CC[C@@H](C)NC(=O)COC(=O)c1c(C)cc(C)cc1C. The standard InChI is InChI=1S/C16H23NO3/c1-6-13(5)17-14(18)9-20-16(19)15-11(3)7-10(2)8-12(15)4/h7-8,13H,6,9H2,1-5H3,(H,17,18)/t13-/m1/s1. The second-order valence-electron chi connectivity index (χ2n) is 5.23. The summed E-state index contributed by atoms with van der Waals surface area (Å²) >= 11 is 0. The summed E-state index contributed by atoms with van der Waals surface area (Å²) in [7, 11) is 0. The predicted molar refractivity (Wildman–Crippen MR) is 78.8 cm³/mol. The van der Waals surface area contributed by atoms with E-state index in [1.165, 1.54) is 0 Å². The van der Waals surface area contributed by atoms with Gasteiger partial charge in [-0.05, 0) is 45.2 Å². The first-order valence-electron chi connectivity index (χ1n) is 6.89. The van der Waals surface area contributed by atoms with E-state index in [1.54, 1.807) is 0 Å². The minimum atomic E-state index is -0.445. The Morgan fingerprint density at radius 2 is 1.75 bits per heavy atom. The maximum atomic E-state index is 12.1. The molecule has 0 aliphatic carbocycles. The Hall–Kier alpha value is -1.84. The number of benzene rings is 1. The summed E-state index contributed by atoms with van der Waals surface area (Å²) in [4.78, 5) is 23.6. The van der Waals surface area contributed by atoms with Crippen molar-refractivity contribution in [3.05, 3.63) is 34.4 Å². The van der Waals surface area contributed by atoms with Crippen LogP contribution in [0.3, 0.4) is 0 Å². The molecule has 0 fully saturated rings. The number of hydrogen-bond acceptors (Lipinski definition) is 3. The van der Waals surface area contributed by atoms with Gasteiger partial charge in [-0.1, -0.05) is 24.6 Å². The lowest BCUT2D eigenvalue weighted by Crippen LogP contribution is -2.35. The summed E-state index contributed by atoms with van der Waals surface area (Å²) in [5, 5.41) is 2.76. The van der Waals surface area contributed by atoms with Gasteiger partial charge in [0.05, 0.1) is 5.56 Å². The summed E-state index contributed by atoms with van der Waals surface area (Å²) in [5.41, 5.74) is 3.39. The molecule has 1 N–H and O–H groups in total. The molecule has 0 spiro atoms. The van der Waals surface area contributed by atoms with Crippen molar-refractivity contribution >= 4 is 11.9 Å². The van der Waals surface area contributed by atoms with Gasteiger partial charge in [0, 0.05) is 6.04 Å². The van der Waals surface area contributed by atoms with Gasteiger partial charge < -0.3 is 10.1 Å². The first-order chi connectivity index (χ1) is 9.35. The van der Waals surface area contributed by atoms with Crippen LogP contribution in [-0.4, -0.2) is 24.5 Å². The molecule has 1 rings (SSSR count). The normalized spacial score (nSPS) is 11.8. The van der Waals surface area contributed by atoms with Crippen LogP contribution in [0.25, 0.3) is 0 Å². The first kappa shape index (κ1) is 16.2. The third kappa shape index (κ3) is 4.37. The monoisotopic (exact) mass is 277 g/mol. The van der Waals surface area contributed by atoms with Gasteiger partial charge in [0.15, 0.2) is 6.61 Å². The number of aryl methyl sites for hydroxylation is 3. The minimum Gasteiger partial charge on any atom is -0.452 e. The molecule has 1 amide bonds. The second-order valence-corrected chi connectivity index (χ2v) is 5.23. The summed E-state index contributed by atoms with van der Waals surface area (Å²) in [6, 6.07) is 3.95. The molecule has 1 aromatic rings. The Morgan fingerprint density at radius 1 is 1.20 bits per heavy atom. The molecule has 110 valence electrons. The van der Waals surface area contributed by atoms with E-state index >= 15 is 0 Å². The number of carbonyl (C=O) groups is 2. The Balaban J connectivity index is 2.66. The molecule has 20 heavy (non-hydrogen) atoms. The lowest BCUT2D eigenvalue weighted by molar-refractivity contribution is -0.124. The topological polar surface area (TPSA) is 55.4 Å². The van der Waals surface area contributed by atoms with E-state index in [1.807, 2.05) is 46.8 Å². The third-order valence-corrected chi connectivity index (χ3v) is 3.24. The van der Waals surface area contributed by atoms with E-state index in [0.29, 0.717) is 5.56 Å². The van der Waals surface area contributed by atoms with Gasteiger partial charge in [0.2, 0.25) is 0 Å². The Morgan fingerprint density at radius 3 is 2.25 bits per heavy atom. The van der Waals surface area contributed by atoms with Crippen LogP contribution in [0.5, 0.6) is 0 Å². The quantitative estimate of drug-likeness (QED) is 0.842. The molecular weight excluding hydrogens is 254 g/mol. The summed E-state index contributed by atoms with van der Waals surface area (Å²) < 4.78 is 5.09. The Bertz CT molecular complexity index is 485. The fourth-order valence-corrected chi connectivity index (χ4v) is 2.12. The fraction of sp³-hybridized carbons (Fsp3) is 0.500. The molecule has 4 heteroatoms. The highest BCUT2D eigenvalue weighted by Gasteiger charge is 2.16. The van der Waals surface area contributed by atoms with Gasteiger partial charge in [0.1, 0.15) is 0 Å². The summed E-state index contributed by atoms with van der Waals surface area (Å²) in [6.45, 7) is 9.38. The van der Waals surface area contributed by atoms with Crippen molar-refractivity contribution in [1.82, 2.24) is 5.32 Å². The molecule has 1 atom stereocenters. The molecule has 1 aromatic carbocycles. The smallest absolute Gasteiger partial charge is 0.339 e. The third-order valence-electron chi connectivity index (χ3n) is 3.24. The molecule has 0 saturated carbocycles. The zero-order valence-corrected chi connectivity index (χ0v) is 12.9. The number of nitrogens with one attached hydrogen (secondary N) is 1. The van der Waals surface area contributed by atoms with Crippen molar-refractivity contribution in [2.45, 2.75) is 47.1 Å². The van der Waals surface area contributed by atoms with Gasteiger partial charge >= 0.3 is 5.97 Å². The molecule has 0 aliphatic heterocycles. The number of ether oxygens (including phenoxy) is 1. The average molecular weight is 277 g/mol. The van der Waals surface area contributed by atoms with E-state index in [-0.39, 0.29) is 18.6 Å². The molecule has 0 aliphatic rings. The van der Waals surface area contributed by atoms with E-state index in [2.05, 4.69) is 5.32 Å². The zero-order valence-electron chi connectivity index (χ0n) is 12.9.